The van der Waals surface area contributed by atoms with Gasteiger partial charge in [-0.3, -0.25) is 4.79 Å². The Morgan fingerprint density at radius 1 is 0.889 bits per heavy atom. The minimum absolute atomic E-state index is 0. The first-order valence-corrected chi connectivity index (χ1v) is 7.06. The van der Waals surface area contributed by atoms with Crippen molar-refractivity contribution in [3.8, 4) is 22.6 Å². The standard InChI is InChI=1S/C18H15NO3.Ca.4H2O.2H/c20-16(21)12-11-15-19-17(13-7-3-1-4-8-13)18(22-15)14-9-5-2-6-10-14;;;;;;;/h1-10H,11-12H2,(H,20,21);;4*1H2;;/q;+2;;;;;2*-1. The first kappa shape index (κ1) is 30.0. The number of carboxylic acids is 1. The second kappa shape index (κ2) is 14.3. The first-order chi connectivity index (χ1) is 10.7. The number of aliphatic carboxylic acids is 1. The quantitative estimate of drug-likeness (QED) is 0.605. The summed E-state index contributed by atoms with van der Waals surface area (Å²) in [6, 6.07) is 19.5. The van der Waals surface area contributed by atoms with Gasteiger partial charge in [0.1, 0.15) is 5.69 Å². The van der Waals surface area contributed by atoms with Gasteiger partial charge < -0.3 is 34.3 Å². The summed E-state index contributed by atoms with van der Waals surface area (Å²) in [4.78, 5) is 15.2. The van der Waals surface area contributed by atoms with E-state index in [9.17, 15) is 4.79 Å². The summed E-state index contributed by atoms with van der Waals surface area (Å²) >= 11 is 0. The zero-order valence-electron chi connectivity index (χ0n) is 16.6. The minimum atomic E-state index is -0.860. The Hall–Kier alpha value is -1.78. The fourth-order valence-corrected chi connectivity index (χ4v) is 2.26. The largest absolute Gasteiger partial charge is 2.00 e. The van der Waals surface area contributed by atoms with Gasteiger partial charge in [0.25, 0.3) is 0 Å². The third-order valence-corrected chi connectivity index (χ3v) is 3.31. The van der Waals surface area contributed by atoms with Crippen LogP contribution < -0.4 is 0 Å². The molecular formula is C18H25CaNO7. The van der Waals surface area contributed by atoms with Crippen LogP contribution in [0.5, 0.6) is 0 Å². The van der Waals surface area contributed by atoms with E-state index < -0.39 is 5.97 Å². The van der Waals surface area contributed by atoms with Gasteiger partial charge in [0.05, 0.1) is 6.42 Å². The molecule has 1 heterocycles. The molecule has 9 N–H and O–H groups in total. The molecule has 0 aliphatic carbocycles. The Morgan fingerprint density at radius 2 is 1.37 bits per heavy atom. The van der Waals surface area contributed by atoms with Crippen molar-refractivity contribution in [2.24, 2.45) is 0 Å². The predicted molar refractivity (Wildman–Crippen MR) is 106 cm³/mol. The zero-order valence-corrected chi connectivity index (χ0v) is 16.8. The molecule has 0 fully saturated rings. The van der Waals surface area contributed by atoms with Gasteiger partial charge in [-0.25, -0.2) is 4.98 Å². The first-order valence-electron chi connectivity index (χ1n) is 7.06. The monoisotopic (exact) mass is 407 g/mol. The van der Waals surface area contributed by atoms with Crippen molar-refractivity contribution in [1.82, 2.24) is 4.98 Å². The molecule has 0 bridgehead atoms. The number of aryl methyl sites for hydroxylation is 1. The molecule has 0 aliphatic rings. The molecule has 3 rings (SSSR count). The SMILES string of the molecule is O.O.O.O.O=C(O)CCc1nc(-c2ccccc2)c(-c2ccccc2)o1.[Ca+2].[H-].[H-]. The van der Waals surface area contributed by atoms with Gasteiger partial charge in [-0.2, -0.15) is 0 Å². The molecule has 8 nitrogen and oxygen atoms in total. The number of hydrogen-bond acceptors (Lipinski definition) is 3. The molecule has 2 aromatic carbocycles. The van der Waals surface area contributed by atoms with Crippen molar-refractivity contribution in [3.05, 3.63) is 66.6 Å². The van der Waals surface area contributed by atoms with Crippen molar-refractivity contribution in [2.75, 3.05) is 0 Å². The Kier molecular flexibility index (Phi) is 15.9. The van der Waals surface area contributed by atoms with E-state index in [1.165, 1.54) is 0 Å². The number of rotatable bonds is 5. The van der Waals surface area contributed by atoms with Crippen LogP contribution in [0.25, 0.3) is 22.6 Å². The Bertz CT molecular complexity index is 732. The maximum Gasteiger partial charge on any atom is 2.00 e. The molecule has 0 unspecified atom stereocenters. The topological polar surface area (TPSA) is 189 Å². The zero-order chi connectivity index (χ0) is 15.4. The average Bonchev–Trinajstić information content (AvgIpc) is 2.99. The van der Waals surface area contributed by atoms with Crippen LogP contribution in [-0.4, -0.2) is 75.7 Å². The number of aromatic nitrogens is 1. The van der Waals surface area contributed by atoms with Crippen LogP contribution in [0.1, 0.15) is 15.2 Å². The van der Waals surface area contributed by atoms with E-state index in [1.807, 2.05) is 60.7 Å². The third kappa shape index (κ3) is 7.77. The summed E-state index contributed by atoms with van der Waals surface area (Å²) in [5, 5.41) is 8.82. The van der Waals surface area contributed by atoms with E-state index in [-0.39, 0.29) is 75.3 Å². The van der Waals surface area contributed by atoms with Crippen LogP contribution in [-0.2, 0) is 11.2 Å². The molecule has 0 aliphatic heterocycles. The van der Waals surface area contributed by atoms with Crippen LogP contribution in [0.3, 0.4) is 0 Å². The second-order valence-corrected chi connectivity index (χ2v) is 4.91. The molecule has 0 saturated carbocycles. The number of nitrogens with zero attached hydrogens (tertiary/aromatic N) is 1. The smallest absolute Gasteiger partial charge is 1.00 e. The Balaban J connectivity index is -0.000000274. The molecule has 0 spiro atoms. The molecular weight excluding hydrogens is 382 g/mol. The van der Waals surface area contributed by atoms with Gasteiger partial charge in [0.2, 0.25) is 0 Å². The van der Waals surface area contributed by atoms with Crippen molar-refractivity contribution in [3.63, 3.8) is 0 Å². The maximum absolute atomic E-state index is 10.7. The van der Waals surface area contributed by atoms with E-state index in [0.717, 1.165) is 16.8 Å². The molecule has 0 amide bonds. The summed E-state index contributed by atoms with van der Waals surface area (Å²) in [6.07, 6.45) is 0.283. The van der Waals surface area contributed by atoms with Gasteiger partial charge in [-0.15, -0.1) is 0 Å². The maximum atomic E-state index is 10.7. The van der Waals surface area contributed by atoms with E-state index in [1.54, 1.807) is 0 Å². The Labute approximate surface area is 189 Å². The number of carbonyl (C=O) groups is 1. The van der Waals surface area contributed by atoms with Crippen LogP contribution in [0, 0.1) is 0 Å². The van der Waals surface area contributed by atoms with E-state index in [2.05, 4.69) is 4.98 Å². The number of hydrogen-bond donors (Lipinski definition) is 1. The van der Waals surface area contributed by atoms with Gasteiger partial charge in [-0.1, -0.05) is 60.7 Å². The third-order valence-electron chi connectivity index (χ3n) is 3.31. The number of carboxylic acid groups (broad SMARTS) is 1. The minimum Gasteiger partial charge on any atom is -1.00 e. The Morgan fingerprint density at radius 3 is 1.85 bits per heavy atom. The van der Waals surface area contributed by atoms with Crippen molar-refractivity contribution in [2.45, 2.75) is 12.8 Å². The van der Waals surface area contributed by atoms with Gasteiger partial charge >= 0.3 is 43.7 Å². The van der Waals surface area contributed by atoms with Gasteiger partial charge in [0.15, 0.2) is 11.7 Å². The van der Waals surface area contributed by atoms with Crippen molar-refractivity contribution >= 4 is 43.7 Å². The van der Waals surface area contributed by atoms with Crippen LogP contribution in [0.15, 0.2) is 65.1 Å². The molecule has 0 saturated heterocycles. The van der Waals surface area contributed by atoms with Gasteiger partial charge in [-0.05, 0) is 0 Å². The summed E-state index contributed by atoms with van der Waals surface area (Å²) in [6.45, 7) is 0. The normalized spacial score (nSPS) is 8.59. The van der Waals surface area contributed by atoms with E-state index in [4.69, 9.17) is 9.52 Å². The van der Waals surface area contributed by atoms with Gasteiger partial charge in [0, 0.05) is 17.5 Å². The summed E-state index contributed by atoms with van der Waals surface area (Å²) < 4.78 is 5.83. The fourth-order valence-electron chi connectivity index (χ4n) is 2.26. The van der Waals surface area contributed by atoms with Crippen molar-refractivity contribution in [1.29, 1.82) is 0 Å². The molecule has 9 heteroatoms. The average molecular weight is 407 g/mol. The molecule has 0 atom stereocenters. The predicted octanol–water partition coefficient (Wildman–Crippen LogP) is 0.571. The molecule has 3 aromatic rings. The summed E-state index contributed by atoms with van der Waals surface area (Å²) in [5.74, 6) is 0.257. The summed E-state index contributed by atoms with van der Waals surface area (Å²) in [7, 11) is 0. The van der Waals surface area contributed by atoms with E-state index >= 15 is 0 Å². The molecule has 27 heavy (non-hydrogen) atoms. The van der Waals surface area contributed by atoms with Crippen LogP contribution in [0.4, 0.5) is 0 Å². The second-order valence-electron chi connectivity index (χ2n) is 4.91. The number of benzene rings is 2. The molecule has 146 valence electrons. The van der Waals surface area contributed by atoms with Crippen molar-refractivity contribution < 1.29 is 39.1 Å². The molecule has 0 radical (unpaired) electrons. The molecule has 1 aromatic heterocycles. The summed E-state index contributed by atoms with van der Waals surface area (Å²) in [5.41, 5.74) is 2.62. The number of oxazole rings is 1. The van der Waals surface area contributed by atoms with E-state index in [0.29, 0.717) is 11.7 Å². The van der Waals surface area contributed by atoms with Crippen LogP contribution in [0.2, 0.25) is 0 Å². The fraction of sp³-hybridized carbons (Fsp3) is 0.111. The van der Waals surface area contributed by atoms with Crippen LogP contribution >= 0.6 is 0 Å².